The molecule has 2 aromatic heterocycles. The highest BCUT2D eigenvalue weighted by Crippen LogP contribution is 2.38. The number of carbonyl (C=O) groups excluding carboxylic acids is 2. The SMILES string of the molecule is CCC[C@@H](C(=O)C(=O)Nc1ccn[nH]1)N(C(=O)O)[C@H](Cn1cnc(-c2cc(C(F)(F)F)cc(C(F)(F)F)c2)c1)C(C)(C)C. The minimum absolute atomic E-state index is 0.00621. The number of alkyl halides is 6. The lowest BCUT2D eigenvalue weighted by Gasteiger charge is -2.42. The van der Waals surface area contributed by atoms with E-state index in [1.165, 1.54) is 23.0 Å². The van der Waals surface area contributed by atoms with Gasteiger partial charge in [0.05, 0.1) is 35.4 Å². The number of anilines is 1. The van der Waals surface area contributed by atoms with Crippen molar-refractivity contribution < 1.29 is 45.8 Å². The molecule has 0 unspecified atom stereocenters. The van der Waals surface area contributed by atoms with Crippen LogP contribution in [-0.4, -0.2) is 59.6 Å². The van der Waals surface area contributed by atoms with Crippen LogP contribution in [0.3, 0.4) is 0 Å². The van der Waals surface area contributed by atoms with Crippen molar-refractivity contribution in [1.82, 2.24) is 24.6 Å². The van der Waals surface area contributed by atoms with E-state index in [2.05, 4.69) is 20.5 Å². The van der Waals surface area contributed by atoms with E-state index in [4.69, 9.17) is 0 Å². The van der Waals surface area contributed by atoms with Crippen molar-refractivity contribution in [3.63, 3.8) is 0 Å². The Kier molecular flexibility index (Phi) is 9.61. The number of aromatic amines is 1. The number of ketones is 1. The van der Waals surface area contributed by atoms with Gasteiger partial charge in [0.15, 0.2) is 0 Å². The number of nitrogens with one attached hydrogen (secondary N) is 2. The summed E-state index contributed by atoms with van der Waals surface area (Å²) in [6, 6.07) is 0.0806. The van der Waals surface area contributed by atoms with Gasteiger partial charge in [-0.3, -0.25) is 19.6 Å². The summed E-state index contributed by atoms with van der Waals surface area (Å²) in [7, 11) is 0. The maximum absolute atomic E-state index is 13.4. The van der Waals surface area contributed by atoms with Gasteiger partial charge in [-0.25, -0.2) is 9.78 Å². The van der Waals surface area contributed by atoms with E-state index in [0.29, 0.717) is 18.6 Å². The van der Waals surface area contributed by atoms with Gasteiger partial charge in [0.25, 0.3) is 5.91 Å². The highest BCUT2D eigenvalue weighted by atomic mass is 19.4. The first-order chi connectivity index (χ1) is 19.8. The molecule has 16 heteroatoms. The van der Waals surface area contributed by atoms with Gasteiger partial charge >= 0.3 is 18.4 Å². The molecule has 234 valence electrons. The maximum Gasteiger partial charge on any atom is 0.416 e. The molecule has 0 spiro atoms. The third kappa shape index (κ3) is 8.14. The van der Waals surface area contributed by atoms with Crippen LogP contribution >= 0.6 is 0 Å². The van der Waals surface area contributed by atoms with Crippen molar-refractivity contribution in [1.29, 1.82) is 0 Å². The predicted molar refractivity (Wildman–Crippen MR) is 142 cm³/mol. The summed E-state index contributed by atoms with van der Waals surface area (Å²) < 4.78 is 81.6. The van der Waals surface area contributed by atoms with Crippen LogP contribution in [0.4, 0.5) is 37.0 Å². The fourth-order valence-electron chi connectivity index (χ4n) is 4.51. The van der Waals surface area contributed by atoms with E-state index in [-0.39, 0.29) is 30.5 Å². The highest BCUT2D eigenvalue weighted by molar-refractivity contribution is 6.42. The van der Waals surface area contributed by atoms with Gasteiger partial charge in [0, 0.05) is 24.4 Å². The molecule has 0 aliphatic rings. The Balaban J connectivity index is 2.00. The van der Waals surface area contributed by atoms with E-state index < -0.39 is 64.3 Å². The molecule has 2 atom stereocenters. The fourth-order valence-corrected chi connectivity index (χ4v) is 4.51. The second-order valence-corrected chi connectivity index (χ2v) is 10.9. The first-order valence-electron chi connectivity index (χ1n) is 13.0. The molecule has 3 N–H and O–H groups in total. The quantitative estimate of drug-likeness (QED) is 0.187. The van der Waals surface area contributed by atoms with E-state index >= 15 is 0 Å². The number of carbonyl (C=O) groups is 3. The molecule has 2 amide bonds. The number of aromatic nitrogens is 4. The Hall–Kier alpha value is -4.37. The molecule has 0 fully saturated rings. The molecule has 0 bridgehead atoms. The van der Waals surface area contributed by atoms with Crippen LogP contribution in [0.1, 0.15) is 51.7 Å². The Morgan fingerprint density at radius 1 is 1.05 bits per heavy atom. The number of nitrogens with zero attached hydrogens (tertiary/aromatic N) is 4. The minimum atomic E-state index is -5.05. The third-order valence-electron chi connectivity index (χ3n) is 6.63. The standard InChI is InChI=1S/C27H30F6N6O4/c1-5-6-19(22(40)23(41)36-21-7-8-35-37-21)39(24(42)43)20(25(2,3)4)13-38-12-18(34-14-38)15-9-16(26(28,29)30)11-17(10-15)27(31,32)33/h7-12,14,19-20H,5-6,13H2,1-4H3,(H,42,43)(H2,35,36,37,41)/t19-,20+/m0/s1. The summed E-state index contributed by atoms with van der Waals surface area (Å²) >= 11 is 0. The van der Waals surface area contributed by atoms with Crippen molar-refractivity contribution in [2.24, 2.45) is 5.41 Å². The van der Waals surface area contributed by atoms with Gasteiger partial charge in [-0.2, -0.15) is 31.4 Å². The number of benzene rings is 1. The second kappa shape index (κ2) is 12.5. The van der Waals surface area contributed by atoms with Crippen LogP contribution in [-0.2, 0) is 28.5 Å². The molecular formula is C27H30F6N6O4. The van der Waals surface area contributed by atoms with E-state index in [9.17, 15) is 45.8 Å². The number of amides is 2. The lowest BCUT2D eigenvalue weighted by atomic mass is 9.84. The lowest BCUT2D eigenvalue weighted by Crippen LogP contribution is -2.57. The molecule has 10 nitrogen and oxygen atoms in total. The third-order valence-corrected chi connectivity index (χ3v) is 6.63. The Bertz CT molecular complexity index is 1410. The van der Waals surface area contributed by atoms with Crippen LogP contribution in [0.5, 0.6) is 0 Å². The Morgan fingerprint density at radius 3 is 2.12 bits per heavy atom. The van der Waals surface area contributed by atoms with E-state index in [1.54, 1.807) is 27.7 Å². The number of hydrogen-bond acceptors (Lipinski definition) is 5. The van der Waals surface area contributed by atoms with Gasteiger partial charge < -0.3 is 15.0 Å². The second-order valence-electron chi connectivity index (χ2n) is 10.9. The molecule has 0 saturated carbocycles. The summed E-state index contributed by atoms with van der Waals surface area (Å²) in [5.74, 6) is -1.98. The number of Topliss-reactive ketones (excluding diaryl/α,β-unsaturated/α-hetero) is 1. The van der Waals surface area contributed by atoms with E-state index in [0.717, 1.165) is 11.2 Å². The van der Waals surface area contributed by atoms with Crippen LogP contribution < -0.4 is 5.32 Å². The normalized spacial score (nSPS) is 13.8. The summed E-state index contributed by atoms with van der Waals surface area (Å²) in [4.78, 5) is 43.4. The summed E-state index contributed by atoms with van der Waals surface area (Å²) in [5, 5.41) is 18.7. The van der Waals surface area contributed by atoms with Gasteiger partial charge in [0.2, 0.25) is 5.78 Å². The predicted octanol–water partition coefficient (Wildman–Crippen LogP) is 6.08. The van der Waals surface area contributed by atoms with Crippen molar-refractivity contribution in [2.45, 2.75) is 71.5 Å². The molecule has 0 aliphatic heterocycles. The number of halogens is 6. The zero-order chi connectivity index (χ0) is 32.3. The van der Waals surface area contributed by atoms with Crippen molar-refractivity contribution in [3.8, 4) is 11.3 Å². The zero-order valence-electron chi connectivity index (χ0n) is 23.5. The van der Waals surface area contributed by atoms with Gasteiger partial charge in [-0.05, 0) is 30.0 Å². The lowest BCUT2D eigenvalue weighted by molar-refractivity contribution is -0.143. The summed E-state index contributed by atoms with van der Waals surface area (Å²) in [6.07, 6.45) is -7.61. The monoisotopic (exact) mass is 616 g/mol. The molecule has 2 heterocycles. The molecule has 0 radical (unpaired) electrons. The van der Waals surface area contributed by atoms with Crippen molar-refractivity contribution in [3.05, 3.63) is 54.1 Å². The van der Waals surface area contributed by atoms with Crippen LogP contribution in [0.25, 0.3) is 11.3 Å². The zero-order valence-corrected chi connectivity index (χ0v) is 23.5. The maximum atomic E-state index is 13.4. The van der Waals surface area contributed by atoms with E-state index in [1.807, 2.05) is 0 Å². The number of imidazole rings is 1. The molecule has 43 heavy (non-hydrogen) atoms. The van der Waals surface area contributed by atoms with Crippen LogP contribution in [0.2, 0.25) is 0 Å². The number of H-pyrrole nitrogens is 1. The average molecular weight is 617 g/mol. The average Bonchev–Trinajstić information content (AvgIpc) is 3.57. The molecule has 3 rings (SSSR count). The van der Waals surface area contributed by atoms with Gasteiger partial charge in [-0.15, -0.1) is 0 Å². The number of hydrogen-bond donors (Lipinski definition) is 3. The Labute approximate surface area is 242 Å². The van der Waals surface area contributed by atoms with Gasteiger partial charge in [-0.1, -0.05) is 34.1 Å². The number of carboxylic acid groups (broad SMARTS) is 1. The Morgan fingerprint density at radius 2 is 1.65 bits per heavy atom. The molecular weight excluding hydrogens is 586 g/mol. The largest absolute Gasteiger partial charge is 0.465 e. The molecule has 3 aromatic rings. The first kappa shape index (κ1) is 33.1. The smallest absolute Gasteiger partial charge is 0.416 e. The topological polar surface area (TPSA) is 133 Å². The van der Waals surface area contributed by atoms with Gasteiger partial charge in [0.1, 0.15) is 11.9 Å². The number of rotatable bonds is 10. The van der Waals surface area contributed by atoms with Crippen molar-refractivity contribution >= 4 is 23.6 Å². The molecule has 0 aliphatic carbocycles. The minimum Gasteiger partial charge on any atom is -0.465 e. The van der Waals surface area contributed by atoms with Crippen LogP contribution in [0.15, 0.2) is 43.0 Å². The summed E-state index contributed by atoms with van der Waals surface area (Å²) in [6.45, 7) is 6.57. The highest BCUT2D eigenvalue weighted by Gasteiger charge is 2.42. The molecule has 1 aromatic carbocycles. The first-order valence-corrected chi connectivity index (χ1v) is 13.0. The van der Waals surface area contributed by atoms with Crippen molar-refractivity contribution in [2.75, 3.05) is 5.32 Å². The summed E-state index contributed by atoms with van der Waals surface area (Å²) in [5.41, 5.74) is -4.55. The van der Waals surface area contributed by atoms with Crippen LogP contribution in [0, 0.1) is 5.41 Å². The molecule has 0 saturated heterocycles. The fraction of sp³-hybridized carbons (Fsp3) is 0.444.